The zero-order chi connectivity index (χ0) is 25.4. The first-order chi connectivity index (χ1) is 18.1. The zero-order valence-corrected chi connectivity index (χ0v) is 19.4. The number of rotatable bonds is 6. The van der Waals surface area contributed by atoms with E-state index in [4.69, 9.17) is 13.9 Å². The van der Waals surface area contributed by atoms with Crippen LogP contribution in [0.5, 0.6) is 11.5 Å². The summed E-state index contributed by atoms with van der Waals surface area (Å²) in [6.07, 6.45) is 1.32. The first-order valence-electron chi connectivity index (χ1n) is 11.5. The maximum Gasteiger partial charge on any atom is 0.297 e. The molecule has 10 nitrogen and oxygen atoms in total. The van der Waals surface area contributed by atoms with Gasteiger partial charge in [0.2, 0.25) is 18.3 Å². The minimum absolute atomic E-state index is 0.0831. The Balaban J connectivity index is 1.16. The lowest BCUT2D eigenvalue weighted by atomic mass is 10.1. The van der Waals surface area contributed by atoms with Crippen molar-refractivity contribution in [2.24, 2.45) is 0 Å². The summed E-state index contributed by atoms with van der Waals surface area (Å²) >= 11 is 0. The third-order valence-electron chi connectivity index (χ3n) is 6.00. The molecule has 2 amide bonds. The van der Waals surface area contributed by atoms with Gasteiger partial charge in [0.25, 0.3) is 11.5 Å². The number of para-hydroxylation sites is 2. The monoisotopic (exact) mass is 496 g/mol. The topological polar surface area (TPSA) is 125 Å². The summed E-state index contributed by atoms with van der Waals surface area (Å²) in [6, 6.07) is 19.3. The van der Waals surface area contributed by atoms with Crippen molar-refractivity contribution < 1.29 is 23.5 Å². The van der Waals surface area contributed by atoms with E-state index >= 15 is 0 Å². The van der Waals surface area contributed by atoms with Gasteiger partial charge in [-0.3, -0.25) is 19.0 Å². The summed E-state index contributed by atoms with van der Waals surface area (Å²) in [5, 5.41) is 6.30. The molecule has 3 heterocycles. The number of amides is 2. The number of carbonyl (C=O) groups excluding carboxylic acids is 2. The molecule has 3 aromatic carbocycles. The maximum absolute atomic E-state index is 12.9. The molecule has 1 aliphatic rings. The van der Waals surface area contributed by atoms with Gasteiger partial charge in [-0.15, -0.1) is 0 Å². The molecule has 0 fully saturated rings. The Morgan fingerprint density at radius 2 is 1.78 bits per heavy atom. The van der Waals surface area contributed by atoms with E-state index in [9.17, 15) is 14.4 Å². The van der Waals surface area contributed by atoms with Gasteiger partial charge < -0.3 is 24.5 Å². The van der Waals surface area contributed by atoms with Crippen LogP contribution in [0.15, 0.2) is 82.3 Å². The third kappa shape index (κ3) is 4.25. The van der Waals surface area contributed by atoms with Crippen molar-refractivity contribution in [3.8, 4) is 11.5 Å². The van der Waals surface area contributed by atoms with E-state index in [0.29, 0.717) is 28.3 Å². The predicted molar refractivity (Wildman–Crippen MR) is 135 cm³/mol. The van der Waals surface area contributed by atoms with E-state index in [2.05, 4.69) is 15.6 Å². The summed E-state index contributed by atoms with van der Waals surface area (Å²) < 4.78 is 17.5. The van der Waals surface area contributed by atoms with Crippen molar-refractivity contribution in [2.75, 3.05) is 12.1 Å². The number of nitrogens with zero attached hydrogens (tertiary/aromatic N) is 2. The summed E-state index contributed by atoms with van der Waals surface area (Å²) in [6.45, 7) is 0.134. The Morgan fingerprint density at radius 3 is 2.70 bits per heavy atom. The lowest BCUT2D eigenvalue weighted by molar-refractivity contribution is -0.116. The van der Waals surface area contributed by atoms with Gasteiger partial charge in [-0.05, 0) is 42.0 Å². The molecule has 184 valence electrons. The molecular weight excluding hydrogens is 476 g/mol. The number of benzene rings is 3. The minimum Gasteiger partial charge on any atom is -0.454 e. The Kier molecular flexibility index (Phi) is 5.53. The van der Waals surface area contributed by atoms with Crippen LogP contribution in [-0.2, 0) is 17.9 Å². The van der Waals surface area contributed by atoms with Crippen LogP contribution < -0.4 is 25.7 Å². The van der Waals surface area contributed by atoms with Crippen LogP contribution >= 0.6 is 0 Å². The SMILES string of the molecule is O=C(Cn1cnc2c(oc3ccccc32)c1=O)Nc1ccccc1C(=O)NCc1ccc2c(c1)OCO2. The zero-order valence-electron chi connectivity index (χ0n) is 19.4. The molecule has 5 aromatic rings. The average molecular weight is 496 g/mol. The molecule has 0 atom stereocenters. The minimum atomic E-state index is -0.490. The molecule has 2 aromatic heterocycles. The van der Waals surface area contributed by atoms with E-state index in [1.165, 1.54) is 10.9 Å². The van der Waals surface area contributed by atoms with Crippen molar-refractivity contribution in [3.05, 3.63) is 94.5 Å². The smallest absolute Gasteiger partial charge is 0.297 e. The van der Waals surface area contributed by atoms with Crippen molar-refractivity contribution in [2.45, 2.75) is 13.1 Å². The van der Waals surface area contributed by atoms with Crippen molar-refractivity contribution in [1.82, 2.24) is 14.9 Å². The van der Waals surface area contributed by atoms with Crippen LogP contribution in [0.1, 0.15) is 15.9 Å². The molecule has 0 bridgehead atoms. The maximum atomic E-state index is 12.9. The van der Waals surface area contributed by atoms with E-state index in [0.717, 1.165) is 10.9 Å². The van der Waals surface area contributed by atoms with Gasteiger partial charge in [0.05, 0.1) is 17.6 Å². The van der Waals surface area contributed by atoms with Crippen molar-refractivity contribution in [3.63, 3.8) is 0 Å². The summed E-state index contributed by atoms with van der Waals surface area (Å²) in [7, 11) is 0. The second-order valence-electron chi connectivity index (χ2n) is 8.42. The quantitative estimate of drug-likeness (QED) is 0.369. The Bertz CT molecular complexity index is 1740. The second kappa shape index (κ2) is 9.15. The highest BCUT2D eigenvalue weighted by atomic mass is 16.7. The fraction of sp³-hybridized carbons (Fsp3) is 0.111. The summed E-state index contributed by atoms with van der Waals surface area (Å²) in [4.78, 5) is 43.0. The fourth-order valence-electron chi connectivity index (χ4n) is 4.19. The molecule has 37 heavy (non-hydrogen) atoms. The predicted octanol–water partition coefficient (Wildman–Crippen LogP) is 3.44. The third-order valence-corrected chi connectivity index (χ3v) is 6.00. The number of hydrogen-bond acceptors (Lipinski definition) is 7. The first kappa shape index (κ1) is 22.4. The number of nitrogens with one attached hydrogen (secondary N) is 2. The highest BCUT2D eigenvalue weighted by molar-refractivity contribution is 6.04. The molecule has 10 heteroatoms. The molecule has 0 unspecified atom stereocenters. The number of aromatic nitrogens is 2. The highest BCUT2D eigenvalue weighted by Gasteiger charge is 2.18. The number of ether oxygens (including phenoxy) is 2. The van der Waals surface area contributed by atoms with E-state index < -0.39 is 11.5 Å². The van der Waals surface area contributed by atoms with Crippen molar-refractivity contribution >= 4 is 39.6 Å². The van der Waals surface area contributed by atoms with Gasteiger partial charge in [0, 0.05) is 11.9 Å². The first-order valence-corrected chi connectivity index (χ1v) is 11.5. The fourth-order valence-corrected chi connectivity index (χ4v) is 4.19. The van der Waals surface area contributed by atoms with Crippen LogP contribution in [0, 0.1) is 0 Å². The number of furan rings is 1. The Morgan fingerprint density at radius 1 is 0.973 bits per heavy atom. The molecule has 0 aliphatic carbocycles. The number of hydrogen-bond donors (Lipinski definition) is 2. The lowest BCUT2D eigenvalue weighted by Crippen LogP contribution is -2.29. The van der Waals surface area contributed by atoms with Gasteiger partial charge in [0.1, 0.15) is 17.6 Å². The molecule has 0 saturated carbocycles. The number of fused-ring (bicyclic) bond motifs is 4. The standard InChI is InChI=1S/C27H20N4O6/c32-23(13-31-14-29-24-18-6-2-4-8-20(18)37-25(24)27(31)34)30-19-7-3-1-5-17(19)26(33)28-12-16-9-10-21-22(11-16)36-15-35-21/h1-11,14H,12-13,15H2,(H,28,33)(H,30,32). The van der Waals surface area contributed by atoms with E-state index in [-0.39, 0.29) is 36.9 Å². The molecule has 6 rings (SSSR count). The number of anilines is 1. The molecular formula is C27H20N4O6. The van der Waals surface area contributed by atoms with Gasteiger partial charge in [-0.1, -0.05) is 30.3 Å². The average Bonchev–Trinajstić information content (AvgIpc) is 3.54. The highest BCUT2D eigenvalue weighted by Crippen LogP contribution is 2.32. The van der Waals surface area contributed by atoms with Gasteiger partial charge >= 0.3 is 0 Å². The largest absolute Gasteiger partial charge is 0.454 e. The van der Waals surface area contributed by atoms with Crippen LogP contribution in [0.25, 0.3) is 22.1 Å². The molecule has 1 aliphatic heterocycles. The van der Waals surface area contributed by atoms with Crippen LogP contribution in [0.2, 0.25) is 0 Å². The number of carbonyl (C=O) groups is 2. The van der Waals surface area contributed by atoms with Crippen LogP contribution in [0.4, 0.5) is 5.69 Å². The van der Waals surface area contributed by atoms with Gasteiger partial charge in [-0.25, -0.2) is 4.98 Å². The van der Waals surface area contributed by atoms with Crippen LogP contribution in [-0.4, -0.2) is 28.2 Å². The normalized spacial score (nSPS) is 12.1. The molecule has 2 N–H and O–H groups in total. The Hall–Kier alpha value is -5.12. The van der Waals surface area contributed by atoms with E-state index in [1.807, 2.05) is 18.2 Å². The van der Waals surface area contributed by atoms with Gasteiger partial charge in [0.15, 0.2) is 11.5 Å². The van der Waals surface area contributed by atoms with E-state index in [1.54, 1.807) is 48.5 Å². The van der Waals surface area contributed by atoms with Gasteiger partial charge in [-0.2, -0.15) is 0 Å². The van der Waals surface area contributed by atoms with Crippen molar-refractivity contribution in [1.29, 1.82) is 0 Å². The lowest BCUT2D eigenvalue weighted by Gasteiger charge is -2.12. The Labute approximate surface area is 209 Å². The van der Waals surface area contributed by atoms with Crippen LogP contribution in [0.3, 0.4) is 0 Å². The summed E-state index contributed by atoms with van der Waals surface area (Å²) in [5.74, 6) is 0.438. The molecule has 0 radical (unpaired) electrons. The molecule has 0 saturated heterocycles. The molecule has 0 spiro atoms. The second-order valence-corrected chi connectivity index (χ2v) is 8.42. The summed E-state index contributed by atoms with van der Waals surface area (Å²) in [5.41, 5.74) is 2.06.